The van der Waals surface area contributed by atoms with Crippen molar-refractivity contribution in [3.63, 3.8) is 0 Å². The molecule has 6 nitrogen and oxygen atoms in total. The first kappa shape index (κ1) is 23.1. The molecule has 0 saturated carbocycles. The summed E-state index contributed by atoms with van der Waals surface area (Å²) in [7, 11) is 0. The molecule has 1 amide bonds. The zero-order valence-electron chi connectivity index (χ0n) is 16.4. The quantitative estimate of drug-likeness (QED) is 0.499. The van der Waals surface area contributed by atoms with Crippen LogP contribution in [0.4, 0.5) is 19.0 Å². The first-order valence-electron chi connectivity index (χ1n) is 9.19. The zero-order valence-corrected chi connectivity index (χ0v) is 17.1. The minimum absolute atomic E-state index is 0.282. The van der Waals surface area contributed by atoms with E-state index >= 15 is 0 Å². The SMILES string of the molecule is O=C(COC(=O)COc1ccc(-c2ccccc2)cc1)Nc1ncc(C(F)(F)F)cc1Cl. The largest absolute Gasteiger partial charge is 0.482 e. The van der Waals surface area contributed by atoms with Crippen LogP contribution in [-0.2, 0) is 20.5 Å². The minimum Gasteiger partial charge on any atom is -0.482 e. The number of aromatic nitrogens is 1. The van der Waals surface area contributed by atoms with Gasteiger partial charge in [0.2, 0.25) is 0 Å². The number of pyridine rings is 1. The third-order valence-electron chi connectivity index (χ3n) is 4.11. The fraction of sp³-hybridized carbons (Fsp3) is 0.136. The Kier molecular flexibility index (Phi) is 7.32. The third kappa shape index (κ3) is 6.45. The van der Waals surface area contributed by atoms with Crippen LogP contribution in [0.15, 0.2) is 66.9 Å². The number of nitrogens with one attached hydrogen (secondary N) is 1. The van der Waals surface area contributed by atoms with E-state index in [1.165, 1.54) is 0 Å². The summed E-state index contributed by atoms with van der Waals surface area (Å²) >= 11 is 5.70. The molecule has 0 aliphatic rings. The number of nitrogens with zero attached hydrogens (tertiary/aromatic N) is 1. The lowest BCUT2D eigenvalue weighted by atomic mass is 10.1. The Labute approximate surface area is 185 Å². The van der Waals surface area contributed by atoms with E-state index in [-0.39, 0.29) is 5.82 Å². The summed E-state index contributed by atoms with van der Waals surface area (Å²) in [5, 5.41) is 1.77. The Morgan fingerprint density at radius 3 is 2.25 bits per heavy atom. The molecule has 0 radical (unpaired) electrons. The normalized spacial score (nSPS) is 11.0. The number of rotatable bonds is 7. The van der Waals surface area contributed by atoms with Gasteiger partial charge in [-0.1, -0.05) is 54.1 Å². The molecule has 0 spiro atoms. The van der Waals surface area contributed by atoms with Crippen molar-refractivity contribution in [2.24, 2.45) is 0 Å². The van der Waals surface area contributed by atoms with Crippen molar-refractivity contribution in [1.29, 1.82) is 0 Å². The van der Waals surface area contributed by atoms with Crippen LogP contribution in [0, 0.1) is 0 Å². The summed E-state index contributed by atoms with van der Waals surface area (Å²) in [5.74, 6) is -1.47. The molecular weight excluding hydrogens is 449 g/mol. The molecule has 0 atom stereocenters. The van der Waals surface area contributed by atoms with Crippen LogP contribution < -0.4 is 10.1 Å². The van der Waals surface area contributed by atoms with Crippen molar-refractivity contribution in [3.8, 4) is 16.9 Å². The predicted molar refractivity (Wildman–Crippen MR) is 111 cm³/mol. The molecule has 0 aliphatic heterocycles. The van der Waals surface area contributed by atoms with Crippen LogP contribution >= 0.6 is 11.6 Å². The highest BCUT2D eigenvalue weighted by Crippen LogP contribution is 2.32. The van der Waals surface area contributed by atoms with Crippen molar-refractivity contribution >= 4 is 29.3 Å². The van der Waals surface area contributed by atoms with Gasteiger partial charge in [-0.3, -0.25) is 4.79 Å². The number of anilines is 1. The van der Waals surface area contributed by atoms with Crippen LogP contribution in [0.5, 0.6) is 5.75 Å². The van der Waals surface area contributed by atoms with Gasteiger partial charge in [-0.25, -0.2) is 9.78 Å². The summed E-state index contributed by atoms with van der Waals surface area (Å²) in [5.41, 5.74) is 0.959. The van der Waals surface area contributed by atoms with Crippen molar-refractivity contribution in [2.45, 2.75) is 6.18 Å². The molecule has 1 heterocycles. The Morgan fingerprint density at radius 2 is 1.62 bits per heavy atom. The van der Waals surface area contributed by atoms with Crippen molar-refractivity contribution in [3.05, 3.63) is 77.4 Å². The Bertz CT molecular complexity index is 1090. The first-order valence-corrected chi connectivity index (χ1v) is 9.56. The topological polar surface area (TPSA) is 77.5 Å². The van der Waals surface area contributed by atoms with Crippen LogP contribution in [0.3, 0.4) is 0 Å². The van der Waals surface area contributed by atoms with E-state index in [9.17, 15) is 22.8 Å². The van der Waals surface area contributed by atoms with Gasteiger partial charge in [0.1, 0.15) is 5.75 Å². The standard InChI is InChI=1S/C22H16ClF3N2O4/c23-18-10-16(22(24,25)26)11-27-21(18)28-19(29)12-32-20(30)13-31-17-8-6-15(7-9-17)14-4-2-1-3-5-14/h1-11H,12-13H2,(H,27,28,29). The number of hydrogen-bond acceptors (Lipinski definition) is 5. The predicted octanol–water partition coefficient (Wildman–Crippen LogP) is 4.98. The van der Waals surface area contributed by atoms with Crippen LogP contribution in [-0.4, -0.2) is 30.1 Å². The number of halogens is 4. The van der Waals surface area contributed by atoms with E-state index in [2.05, 4.69) is 10.3 Å². The highest BCUT2D eigenvalue weighted by Gasteiger charge is 2.31. The maximum Gasteiger partial charge on any atom is 0.417 e. The first-order chi connectivity index (χ1) is 15.2. The van der Waals surface area contributed by atoms with Crippen molar-refractivity contribution in [2.75, 3.05) is 18.5 Å². The highest BCUT2D eigenvalue weighted by atomic mass is 35.5. The molecule has 3 rings (SSSR count). The molecule has 1 aromatic heterocycles. The molecule has 3 aromatic rings. The number of alkyl halides is 3. The van der Waals surface area contributed by atoms with Crippen LogP contribution in [0.1, 0.15) is 5.56 Å². The van der Waals surface area contributed by atoms with Gasteiger partial charge in [-0.05, 0) is 29.3 Å². The second kappa shape index (κ2) is 10.1. The molecule has 0 unspecified atom stereocenters. The number of benzene rings is 2. The number of hydrogen-bond donors (Lipinski definition) is 1. The van der Waals surface area contributed by atoms with Gasteiger partial charge in [0.05, 0.1) is 10.6 Å². The number of carbonyl (C=O) groups is 2. The average Bonchev–Trinajstić information content (AvgIpc) is 2.78. The van der Waals surface area contributed by atoms with E-state index in [0.29, 0.717) is 18.0 Å². The van der Waals surface area contributed by atoms with Gasteiger partial charge >= 0.3 is 12.1 Å². The summed E-state index contributed by atoms with van der Waals surface area (Å²) in [6, 6.07) is 17.4. The molecule has 166 valence electrons. The second-order valence-corrected chi connectivity index (χ2v) is 6.85. The maximum absolute atomic E-state index is 12.6. The highest BCUT2D eigenvalue weighted by molar-refractivity contribution is 6.33. The third-order valence-corrected chi connectivity index (χ3v) is 4.40. The van der Waals surface area contributed by atoms with Crippen LogP contribution in [0.2, 0.25) is 5.02 Å². The molecule has 0 bridgehead atoms. The summed E-state index contributed by atoms with van der Waals surface area (Å²) in [4.78, 5) is 27.1. The maximum atomic E-state index is 12.6. The van der Waals surface area contributed by atoms with Crippen molar-refractivity contribution < 1.29 is 32.2 Å². The molecule has 32 heavy (non-hydrogen) atoms. The van der Waals surface area contributed by atoms with Gasteiger partial charge in [-0.15, -0.1) is 0 Å². The molecule has 2 aromatic carbocycles. The van der Waals surface area contributed by atoms with Gasteiger partial charge in [0.25, 0.3) is 5.91 Å². The van der Waals surface area contributed by atoms with E-state index < -0.39 is 41.9 Å². The lowest BCUT2D eigenvalue weighted by Gasteiger charge is -2.10. The molecule has 1 N–H and O–H groups in total. The van der Waals surface area contributed by atoms with Gasteiger partial charge in [0, 0.05) is 6.20 Å². The zero-order chi connectivity index (χ0) is 23.1. The monoisotopic (exact) mass is 464 g/mol. The van der Waals surface area contributed by atoms with Crippen molar-refractivity contribution in [1.82, 2.24) is 4.98 Å². The Hall–Kier alpha value is -3.59. The Morgan fingerprint density at radius 1 is 0.969 bits per heavy atom. The lowest BCUT2D eigenvalue weighted by molar-refractivity contribution is -0.149. The van der Waals surface area contributed by atoms with Crippen LogP contribution in [0.25, 0.3) is 11.1 Å². The fourth-order valence-corrected chi connectivity index (χ4v) is 2.77. The number of esters is 1. The summed E-state index contributed by atoms with van der Waals surface area (Å²) in [6.45, 7) is -1.12. The number of ether oxygens (including phenoxy) is 2. The van der Waals surface area contributed by atoms with E-state index in [0.717, 1.165) is 11.1 Å². The summed E-state index contributed by atoms with van der Waals surface area (Å²) in [6.07, 6.45) is -4.08. The fourth-order valence-electron chi connectivity index (χ4n) is 2.56. The summed E-state index contributed by atoms with van der Waals surface area (Å²) < 4.78 is 47.9. The molecule has 10 heteroatoms. The average molecular weight is 465 g/mol. The molecule has 0 aliphatic carbocycles. The second-order valence-electron chi connectivity index (χ2n) is 6.44. The number of amides is 1. The Balaban J connectivity index is 1.44. The van der Waals surface area contributed by atoms with Gasteiger partial charge in [-0.2, -0.15) is 13.2 Å². The smallest absolute Gasteiger partial charge is 0.417 e. The minimum atomic E-state index is -4.61. The van der Waals surface area contributed by atoms with E-state index in [4.69, 9.17) is 21.1 Å². The van der Waals surface area contributed by atoms with Gasteiger partial charge in [0.15, 0.2) is 19.0 Å². The van der Waals surface area contributed by atoms with Gasteiger partial charge < -0.3 is 14.8 Å². The van der Waals surface area contributed by atoms with E-state index in [1.54, 1.807) is 12.1 Å². The number of carbonyl (C=O) groups excluding carboxylic acids is 2. The van der Waals surface area contributed by atoms with E-state index in [1.807, 2.05) is 42.5 Å². The molecule has 0 fully saturated rings. The molecular formula is C22H16ClF3N2O4. The molecule has 0 saturated heterocycles. The lowest BCUT2D eigenvalue weighted by Crippen LogP contribution is -2.24.